The number of carboxylic acid groups (broad SMARTS) is 1. The van der Waals surface area contributed by atoms with Gasteiger partial charge in [-0.05, 0) is 24.6 Å². The van der Waals surface area contributed by atoms with Crippen LogP contribution >= 0.6 is 0 Å². The number of rotatable bonds is 7. The van der Waals surface area contributed by atoms with Gasteiger partial charge in [0.25, 0.3) is 0 Å². The van der Waals surface area contributed by atoms with Gasteiger partial charge in [-0.15, -0.1) is 13.2 Å². The van der Waals surface area contributed by atoms with Gasteiger partial charge in [0, 0.05) is 6.42 Å². The zero-order valence-corrected chi connectivity index (χ0v) is 12.2. The molecule has 2 unspecified atom stereocenters. The maximum absolute atomic E-state index is 12.3. The Morgan fingerprint density at radius 3 is 2.39 bits per heavy atom. The second kappa shape index (κ2) is 7.59. The van der Waals surface area contributed by atoms with Gasteiger partial charge >= 0.3 is 12.5 Å². The van der Waals surface area contributed by atoms with Crippen molar-refractivity contribution in [3.63, 3.8) is 0 Å². The number of carbonyl (C=O) groups is 1. The minimum atomic E-state index is -4.80. The van der Waals surface area contributed by atoms with Crippen molar-refractivity contribution in [3.8, 4) is 5.75 Å². The van der Waals surface area contributed by atoms with Crippen molar-refractivity contribution in [1.82, 2.24) is 5.43 Å². The standard InChI is InChI=1S/C13H17F3N2O5/c1-9(18(22,12(20)21)17-6-7-19)8-10-2-4-11(5-3-10)23-13(14,15)16/h2-5,9,17,19H,6-8H2,1H3,(H,20,21). The van der Waals surface area contributed by atoms with E-state index in [-0.39, 0.29) is 13.0 Å². The predicted molar refractivity (Wildman–Crippen MR) is 73.0 cm³/mol. The van der Waals surface area contributed by atoms with Crippen molar-refractivity contribution >= 4 is 6.09 Å². The third-order valence-electron chi connectivity index (χ3n) is 3.05. The van der Waals surface area contributed by atoms with Crippen LogP contribution in [0, 0.1) is 5.21 Å². The third-order valence-corrected chi connectivity index (χ3v) is 3.05. The van der Waals surface area contributed by atoms with E-state index in [1.54, 1.807) is 0 Å². The molecule has 1 aromatic carbocycles. The highest BCUT2D eigenvalue weighted by Gasteiger charge is 2.34. The number of hydrogen-bond donors (Lipinski definition) is 3. The Morgan fingerprint density at radius 1 is 1.39 bits per heavy atom. The molecule has 0 aliphatic rings. The minimum Gasteiger partial charge on any atom is -0.601 e. The van der Waals surface area contributed by atoms with Gasteiger partial charge in [-0.25, -0.2) is 0 Å². The number of quaternary nitrogens is 1. The molecular formula is C13H17F3N2O5. The van der Waals surface area contributed by atoms with Gasteiger partial charge in [-0.2, -0.15) is 15.0 Å². The van der Waals surface area contributed by atoms with E-state index >= 15 is 0 Å². The van der Waals surface area contributed by atoms with Crippen molar-refractivity contribution in [2.75, 3.05) is 13.2 Å². The molecule has 7 nitrogen and oxygen atoms in total. The maximum atomic E-state index is 12.3. The van der Waals surface area contributed by atoms with Gasteiger partial charge < -0.3 is 20.2 Å². The van der Waals surface area contributed by atoms with Gasteiger partial charge in [0.2, 0.25) is 0 Å². The number of alkyl halides is 3. The SMILES string of the molecule is CC(Cc1ccc(OC(F)(F)F)cc1)[N+]([O-])(NCCO)C(=O)O. The van der Waals surface area contributed by atoms with Crippen molar-refractivity contribution in [2.24, 2.45) is 0 Å². The van der Waals surface area contributed by atoms with Crippen LogP contribution in [0.25, 0.3) is 0 Å². The van der Waals surface area contributed by atoms with Crippen LogP contribution in [0.3, 0.4) is 0 Å². The summed E-state index contributed by atoms with van der Waals surface area (Å²) in [6, 6.07) is 3.81. The van der Waals surface area contributed by atoms with Crippen LogP contribution in [0.15, 0.2) is 24.3 Å². The fraction of sp³-hybridized carbons (Fsp3) is 0.462. The monoisotopic (exact) mass is 338 g/mol. The lowest BCUT2D eigenvalue weighted by Gasteiger charge is -2.40. The number of benzene rings is 1. The molecule has 0 radical (unpaired) electrons. The van der Waals surface area contributed by atoms with Crippen LogP contribution in [0.1, 0.15) is 12.5 Å². The van der Waals surface area contributed by atoms with E-state index in [9.17, 15) is 23.2 Å². The first-order valence-electron chi connectivity index (χ1n) is 6.62. The van der Waals surface area contributed by atoms with Gasteiger partial charge in [0.1, 0.15) is 11.8 Å². The van der Waals surface area contributed by atoms with E-state index in [1.807, 2.05) is 0 Å². The summed E-state index contributed by atoms with van der Waals surface area (Å²) in [6.07, 6.45) is -6.48. The summed E-state index contributed by atoms with van der Waals surface area (Å²) in [6.45, 7) is 0.760. The lowest BCUT2D eigenvalue weighted by Crippen LogP contribution is -2.63. The van der Waals surface area contributed by atoms with Crippen molar-refractivity contribution in [3.05, 3.63) is 35.0 Å². The summed E-state index contributed by atoms with van der Waals surface area (Å²) in [5.74, 6) is -0.409. The van der Waals surface area contributed by atoms with E-state index in [0.29, 0.717) is 5.56 Å². The van der Waals surface area contributed by atoms with Gasteiger partial charge in [-0.1, -0.05) is 12.1 Å². The highest BCUT2D eigenvalue weighted by atomic mass is 19.4. The van der Waals surface area contributed by atoms with Gasteiger partial charge in [0.15, 0.2) is 0 Å². The topological polar surface area (TPSA) is 102 Å². The number of aliphatic hydroxyl groups excluding tert-OH is 1. The lowest BCUT2D eigenvalue weighted by molar-refractivity contribution is -0.876. The Hall–Kier alpha value is -1.88. The molecule has 0 aliphatic heterocycles. The highest BCUT2D eigenvalue weighted by molar-refractivity contribution is 5.56. The molecule has 0 fully saturated rings. The summed E-state index contributed by atoms with van der Waals surface area (Å²) < 4.78 is 38.1. The Labute approximate surface area is 130 Å². The zero-order valence-electron chi connectivity index (χ0n) is 12.2. The molecule has 1 amide bonds. The highest BCUT2D eigenvalue weighted by Crippen LogP contribution is 2.23. The average Bonchev–Trinajstić information content (AvgIpc) is 2.44. The van der Waals surface area contributed by atoms with Gasteiger partial charge in [-0.3, -0.25) is 0 Å². The second-order valence-electron chi connectivity index (χ2n) is 4.82. The number of ether oxygens (including phenoxy) is 1. The fourth-order valence-corrected chi connectivity index (χ4v) is 1.92. The molecule has 130 valence electrons. The van der Waals surface area contributed by atoms with Crippen LogP contribution in [0.4, 0.5) is 18.0 Å². The van der Waals surface area contributed by atoms with E-state index < -0.39 is 35.6 Å². The van der Waals surface area contributed by atoms with Crippen LogP contribution < -0.4 is 10.2 Å². The van der Waals surface area contributed by atoms with Crippen LogP contribution in [0.5, 0.6) is 5.75 Å². The van der Waals surface area contributed by atoms with Crippen LogP contribution in [-0.2, 0) is 6.42 Å². The molecule has 0 bridgehead atoms. The molecule has 0 aliphatic carbocycles. The number of halogens is 3. The molecule has 1 rings (SSSR count). The Bertz CT molecular complexity index is 523. The molecule has 0 aromatic heterocycles. The van der Waals surface area contributed by atoms with E-state index in [1.165, 1.54) is 19.1 Å². The van der Waals surface area contributed by atoms with Crippen LogP contribution in [-0.4, -0.2) is 46.6 Å². The molecule has 0 spiro atoms. The molecule has 1 aromatic rings. The first-order valence-corrected chi connectivity index (χ1v) is 6.62. The molecule has 0 saturated heterocycles. The predicted octanol–water partition coefficient (Wildman–Crippen LogP) is 2.01. The molecular weight excluding hydrogens is 321 g/mol. The number of hydroxylamine groups is 2. The number of nitrogens with one attached hydrogen (secondary N) is 1. The molecule has 0 heterocycles. The third kappa shape index (κ3) is 5.67. The van der Waals surface area contributed by atoms with Gasteiger partial charge in [0.05, 0.1) is 13.2 Å². The first-order chi connectivity index (χ1) is 10.6. The largest absolute Gasteiger partial charge is 0.601 e. The molecule has 23 heavy (non-hydrogen) atoms. The summed E-state index contributed by atoms with van der Waals surface area (Å²) in [4.78, 5) is 11.1. The summed E-state index contributed by atoms with van der Waals surface area (Å²) >= 11 is 0. The van der Waals surface area contributed by atoms with Crippen molar-refractivity contribution < 1.29 is 37.7 Å². The van der Waals surface area contributed by atoms with Crippen molar-refractivity contribution in [2.45, 2.75) is 25.7 Å². The Balaban J connectivity index is 2.79. The Kier molecular flexibility index (Phi) is 6.33. The smallest absolute Gasteiger partial charge is 0.573 e. The second-order valence-corrected chi connectivity index (χ2v) is 4.82. The molecule has 3 N–H and O–H groups in total. The molecule has 10 heteroatoms. The molecule has 2 atom stereocenters. The Morgan fingerprint density at radius 2 is 1.96 bits per heavy atom. The van der Waals surface area contributed by atoms with E-state index in [0.717, 1.165) is 12.1 Å². The van der Waals surface area contributed by atoms with E-state index in [4.69, 9.17) is 10.2 Å². The quantitative estimate of drug-likeness (QED) is 0.519. The summed E-state index contributed by atoms with van der Waals surface area (Å²) in [5, 5.41) is 30.0. The first kappa shape index (κ1) is 19.2. The number of amides is 1. The zero-order chi connectivity index (χ0) is 17.7. The van der Waals surface area contributed by atoms with Crippen LogP contribution in [0.2, 0.25) is 0 Å². The average molecular weight is 338 g/mol. The lowest BCUT2D eigenvalue weighted by atomic mass is 10.1. The fourth-order valence-electron chi connectivity index (χ4n) is 1.92. The molecule has 0 saturated carbocycles. The van der Waals surface area contributed by atoms with E-state index in [2.05, 4.69) is 10.2 Å². The maximum Gasteiger partial charge on any atom is 0.573 e. The minimum absolute atomic E-state index is 0.000522. The number of nitrogens with zero attached hydrogens (tertiary/aromatic N) is 1. The summed E-state index contributed by atoms with van der Waals surface area (Å²) in [7, 11) is 0. The summed E-state index contributed by atoms with van der Waals surface area (Å²) in [5.41, 5.74) is 2.64. The van der Waals surface area contributed by atoms with Crippen molar-refractivity contribution in [1.29, 1.82) is 0 Å². The number of aliphatic hydroxyl groups is 1. The number of hydrogen-bond acceptors (Lipinski definition) is 5. The normalized spacial score (nSPS) is 15.7.